The average Bonchev–Trinajstić information content (AvgIpc) is 3.27. The highest BCUT2D eigenvalue weighted by Gasteiger charge is 2.36. The Morgan fingerprint density at radius 1 is 1.28 bits per heavy atom. The second-order valence-corrected chi connectivity index (χ2v) is 8.72. The molecule has 0 unspecified atom stereocenters. The van der Waals surface area contributed by atoms with Crippen LogP contribution >= 0.6 is 11.3 Å². The second-order valence-electron chi connectivity index (χ2n) is 5.64. The molecule has 0 atom stereocenters. The fourth-order valence-corrected chi connectivity index (χ4v) is 4.87. The number of likely N-dealkylation sites (tertiary alicyclic amines) is 1. The van der Waals surface area contributed by atoms with Gasteiger partial charge in [-0.2, -0.15) is 13.2 Å². The highest BCUT2D eigenvalue weighted by atomic mass is 32.2. The van der Waals surface area contributed by atoms with Gasteiger partial charge in [-0.1, -0.05) is 5.16 Å². The number of aromatic nitrogens is 1. The molecular formula is C14H16F3N3O3S2. The maximum Gasteiger partial charge on any atom is 0.452 e. The number of rotatable bonds is 6. The van der Waals surface area contributed by atoms with E-state index in [0.717, 1.165) is 43.3 Å². The Labute approximate surface area is 146 Å². The second kappa shape index (κ2) is 7.06. The van der Waals surface area contributed by atoms with Gasteiger partial charge in [0, 0.05) is 19.2 Å². The first-order chi connectivity index (χ1) is 11.8. The molecule has 1 aliphatic heterocycles. The van der Waals surface area contributed by atoms with E-state index in [4.69, 9.17) is 0 Å². The third kappa shape index (κ3) is 4.40. The Morgan fingerprint density at radius 3 is 2.64 bits per heavy atom. The van der Waals surface area contributed by atoms with E-state index >= 15 is 0 Å². The summed E-state index contributed by atoms with van der Waals surface area (Å²) in [6.07, 6.45) is -2.38. The van der Waals surface area contributed by atoms with Gasteiger partial charge in [-0.3, -0.25) is 0 Å². The molecule has 138 valence electrons. The zero-order chi connectivity index (χ0) is 18.1. The molecule has 1 saturated heterocycles. The molecule has 3 rings (SSSR count). The summed E-state index contributed by atoms with van der Waals surface area (Å²) in [6.45, 7) is 2.87. The van der Waals surface area contributed by atoms with Crippen LogP contribution < -0.4 is 4.72 Å². The van der Waals surface area contributed by atoms with Crippen molar-refractivity contribution in [2.24, 2.45) is 0 Å². The molecule has 0 bridgehead atoms. The monoisotopic (exact) mass is 395 g/mol. The summed E-state index contributed by atoms with van der Waals surface area (Å²) in [4.78, 5) is 2.47. The summed E-state index contributed by atoms with van der Waals surface area (Å²) >= 11 is 0.846. The Hall–Kier alpha value is -1.43. The molecule has 2 aromatic rings. The van der Waals surface area contributed by atoms with Crippen LogP contribution in [-0.2, 0) is 16.2 Å². The Kier molecular flexibility index (Phi) is 5.19. The van der Waals surface area contributed by atoms with Gasteiger partial charge in [0.2, 0.25) is 15.8 Å². The first-order valence-corrected chi connectivity index (χ1v) is 9.92. The molecule has 0 amide bonds. The van der Waals surface area contributed by atoms with Crippen molar-refractivity contribution < 1.29 is 26.1 Å². The average molecular weight is 395 g/mol. The molecule has 1 N–H and O–H groups in total. The normalized spacial score (nSPS) is 16.6. The Morgan fingerprint density at radius 2 is 2.00 bits per heavy atom. The van der Waals surface area contributed by atoms with Crippen LogP contribution in [0.2, 0.25) is 0 Å². The number of sulfonamides is 1. The maximum atomic E-state index is 12.5. The fraction of sp³-hybridized carbons (Fsp3) is 0.500. The lowest BCUT2D eigenvalue weighted by Gasteiger charge is -2.14. The highest BCUT2D eigenvalue weighted by Crippen LogP contribution is 2.35. The number of nitrogens with zero attached hydrogens (tertiary/aromatic N) is 2. The summed E-state index contributed by atoms with van der Waals surface area (Å²) in [6, 6.07) is 3.51. The quantitative estimate of drug-likeness (QED) is 0.814. The SMILES string of the molecule is O=S(=O)(NCCN1CCCC1)c1ccc(-c2cc(C(F)(F)F)on2)s1. The highest BCUT2D eigenvalue weighted by molar-refractivity contribution is 7.91. The summed E-state index contributed by atoms with van der Waals surface area (Å²) in [5, 5.41) is 3.36. The minimum absolute atomic E-state index is 0.0282. The summed E-state index contributed by atoms with van der Waals surface area (Å²) in [5.74, 6) is -1.22. The van der Waals surface area contributed by atoms with Crippen LogP contribution in [-0.4, -0.2) is 44.7 Å². The molecule has 0 aliphatic carbocycles. The number of hydrogen-bond acceptors (Lipinski definition) is 6. The van der Waals surface area contributed by atoms with Gasteiger partial charge in [-0.15, -0.1) is 11.3 Å². The molecule has 6 nitrogen and oxygen atoms in total. The van der Waals surface area contributed by atoms with Crippen LogP contribution in [0.5, 0.6) is 0 Å². The van der Waals surface area contributed by atoms with Crippen molar-refractivity contribution in [2.75, 3.05) is 26.2 Å². The van der Waals surface area contributed by atoms with Crippen LogP contribution in [0.4, 0.5) is 13.2 Å². The lowest BCUT2D eigenvalue weighted by Crippen LogP contribution is -2.33. The lowest BCUT2D eigenvalue weighted by atomic mass is 10.3. The van der Waals surface area contributed by atoms with E-state index in [1.807, 2.05) is 0 Å². The zero-order valence-electron chi connectivity index (χ0n) is 13.0. The van der Waals surface area contributed by atoms with E-state index in [1.165, 1.54) is 12.1 Å². The third-order valence-corrected chi connectivity index (χ3v) is 6.87. The molecule has 25 heavy (non-hydrogen) atoms. The summed E-state index contributed by atoms with van der Waals surface area (Å²) in [7, 11) is -3.70. The van der Waals surface area contributed by atoms with Gasteiger partial charge >= 0.3 is 6.18 Å². The van der Waals surface area contributed by atoms with Gasteiger partial charge in [0.05, 0.1) is 4.88 Å². The van der Waals surface area contributed by atoms with Crippen molar-refractivity contribution >= 4 is 21.4 Å². The minimum Gasteiger partial charge on any atom is -0.351 e. The van der Waals surface area contributed by atoms with Crippen LogP contribution in [0.15, 0.2) is 26.9 Å². The summed E-state index contributed by atoms with van der Waals surface area (Å²) < 4.78 is 69.0. The summed E-state index contributed by atoms with van der Waals surface area (Å²) in [5.41, 5.74) is -0.0455. The smallest absolute Gasteiger partial charge is 0.351 e. The van der Waals surface area contributed by atoms with E-state index in [2.05, 4.69) is 19.3 Å². The van der Waals surface area contributed by atoms with Gasteiger partial charge in [0.1, 0.15) is 9.90 Å². The van der Waals surface area contributed by atoms with E-state index < -0.39 is 22.0 Å². The van der Waals surface area contributed by atoms with E-state index in [0.29, 0.717) is 11.4 Å². The molecule has 11 heteroatoms. The number of hydrogen-bond donors (Lipinski definition) is 1. The maximum absolute atomic E-state index is 12.5. The van der Waals surface area contributed by atoms with Crippen molar-refractivity contribution in [1.29, 1.82) is 0 Å². The largest absolute Gasteiger partial charge is 0.452 e. The number of alkyl halides is 3. The lowest BCUT2D eigenvalue weighted by molar-refractivity contribution is -0.155. The van der Waals surface area contributed by atoms with Crippen molar-refractivity contribution in [1.82, 2.24) is 14.8 Å². The third-order valence-electron chi connectivity index (χ3n) is 3.81. The van der Waals surface area contributed by atoms with Gasteiger partial charge in [-0.05, 0) is 38.1 Å². The van der Waals surface area contributed by atoms with Crippen molar-refractivity contribution in [3.05, 3.63) is 24.0 Å². The minimum atomic E-state index is -4.63. The standard InChI is InChI=1S/C14H16F3N3O3S2/c15-14(16,17)12-9-10(19-23-12)11-3-4-13(24-11)25(21,22)18-5-8-20-6-1-2-7-20/h3-4,9,18H,1-2,5-8H2. The molecule has 0 saturated carbocycles. The van der Waals surface area contributed by atoms with Gasteiger partial charge < -0.3 is 9.42 Å². The van der Waals surface area contributed by atoms with Crippen LogP contribution in [0.3, 0.4) is 0 Å². The predicted octanol–water partition coefficient (Wildman–Crippen LogP) is 2.80. The van der Waals surface area contributed by atoms with Gasteiger partial charge in [0.25, 0.3) is 0 Å². The molecule has 2 aromatic heterocycles. The Bertz CT molecular complexity index is 824. The van der Waals surface area contributed by atoms with Crippen molar-refractivity contribution in [3.63, 3.8) is 0 Å². The topological polar surface area (TPSA) is 75.4 Å². The van der Waals surface area contributed by atoms with Gasteiger partial charge in [0.15, 0.2) is 0 Å². The number of halogens is 3. The zero-order valence-corrected chi connectivity index (χ0v) is 14.7. The molecule has 1 fully saturated rings. The molecule has 0 spiro atoms. The molecule has 1 aliphatic rings. The van der Waals surface area contributed by atoms with Crippen LogP contribution in [0, 0.1) is 0 Å². The first kappa shape index (κ1) is 18.4. The first-order valence-electron chi connectivity index (χ1n) is 7.62. The fourth-order valence-electron chi connectivity index (χ4n) is 2.54. The van der Waals surface area contributed by atoms with E-state index in [9.17, 15) is 21.6 Å². The Balaban J connectivity index is 1.66. The molecule has 0 aromatic carbocycles. The van der Waals surface area contributed by atoms with E-state index in [1.54, 1.807) is 0 Å². The molecular weight excluding hydrogens is 379 g/mol. The van der Waals surface area contributed by atoms with Crippen LogP contribution in [0.25, 0.3) is 10.6 Å². The number of nitrogens with one attached hydrogen (secondary N) is 1. The predicted molar refractivity (Wildman–Crippen MR) is 85.7 cm³/mol. The van der Waals surface area contributed by atoms with Crippen molar-refractivity contribution in [3.8, 4) is 10.6 Å². The number of thiophene rings is 1. The van der Waals surface area contributed by atoms with Crippen LogP contribution in [0.1, 0.15) is 18.6 Å². The van der Waals surface area contributed by atoms with E-state index in [-0.39, 0.29) is 16.4 Å². The molecule has 3 heterocycles. The molecule has 0 radical (unpaired) electrons. The van der Waals surface area contributed by atoms with Crippen molar-refractivity contribution in [2.45, 2.75) is 23.2 Å². The van der Waals surface area contributed by atoms with Gasteiger partial charge in [-0.25, -0.2) is 13.1 Å².